The number of methoxy groups -OCH3 is 1. The molecule has 0 spiro atoms. The van der Waals surface area contributed by atoms with Crippen LogP contribution in [-0.2, 0) is 4.74 Å². The van der Waals surface area contributed by atoms with Crippen LogP contribution in [-0.4, -0.2) is 55.8 Å². The van der Waals surface area contributed by atoms with Crippen LogP contribution < -0.4 is 10.1 Å². The number of rotatable bonds is 4. The molecule has 1 aromatic carbocycles. The zero-order chi connectivity index (χ0) is 16.7. The molecule has 24 heavy (non-hydrogen) atoms. The van der Waals surface area contributed by atoms with E-state index in [1.807, 2.05) is 25.1 Å². The molecular formula is C19H26N2O3. The van der Waals surface area contributed by atoms with Crippen molar-refractivity contribution < 1.29 is 14.3 Å². The van der Waals surface area contributed by atoms with E-state index >= 15 is 0 Å². The van der Waals surface area contributed by atoms with E-state index in [-0.39, 0.29) is 11.9 Å². The van der Waals surface area contributed by atoms with E-state index in [0.717, 1.165) is 43.3 Å². The Morgan fingerprint density at radius 3 is 2.88 bits per heavy atom. The highest BCUT2D eigenvalue weighted by atomic mass is 16.5. The number of fused-ring (bicyclic) bond motifs is 1. The van der Waals surface area contributed by atoms with Gasteiger partial charge in [-0.15, -0.1) is 0 Å². The highest BCUT2D eigenvalue weighted by Crippen LogP contribution is 2.37. The lowest BCUT2D eigenvalue weighted by Crippen LogP contribution is -2.47. The third kappa shape index (κ3) is 3.15. The number of carbonyl (C=O) groups is 1. The van der Waals surface area contributed by atoms with Gasteiger partial charge < -0.3 is 14.8 Å². The topological polar surface area (TPSA) is 50.8 Å². The largest absolute Gasteiger partial charge is 0.496 e. The molecule has 2 aliphatic heterocycles. The van der Waals surface area contributed by atoms with Crippen LogP contribution in [0.15, 0.2) is 18.2 Å². The zero-order valence-corrected chi connectivity index (χ0v) is 14.5. The van der Waals surface area contributed by atoms with Crippen molar-refractivity contribution in [2.45, 2.75) is 44.4 Å². The number of amides is 1. The summed E-state index contributed by atoms with van der Waals surface area (Å²) in [6.07, 6.45) is 4.04. The predicted molar refractivity (Wildman–Crippen MR) is 91.4 cm³/mol. The van der Waals surface area contributed by atoms with Gasteiger partial charge in [0.05, 0.1) is 19.8 Å². The predicted octanol–water partition coefficient (Wildman–Crippen LogP) is 1.99. The van der Waals surface area contributed by atoms with Crippen molar-refractivity contribution in [1.29, 1.82) is 0 Å². The number of aryl methyl sites for hydroxylation is 1. The zero-order valence-electron chi connectivity index (χ0n) is 14.5. The molecule has 2 heterocycles. The van der Waals surface area contributed by atoms with E-state index in [9.17, 15) is 4.79 Å². The van der Waals surface area contributed by atoms with Gasteiger partial charge in [0, 0.05) is 30.7 Å². The first-order valence-corrected chi connectivity index (χ1v) is 8.95. The minimum absolute atomic E-state index is 0.00487. The molecule has 3 fully saturated rings. The van der Waals surface area contributed by atoms with Gasteiger partial charge >= 0.3 is 0 Å². The molecule has 1 saturated carbocycles. The van der Waals surface area contributed by atoms with Gasteiger partial charge in [0.1, 0.15) is 5.75 Å². The molecule has 1 aromatic rings. The van der Waals surface area contributed by atoms with Crippen LogP contribution in [0, 0.1) is 12.8 Å². The molecule has 1 N–H and O–H groups in total. The molecule has 5 nitrogen and oxygen atoms in total. The lowest BCUT2D eigenvalue weighted by Gasteiger charge is -2.35. The molecule has 0 aromatic heterocycles. The van der Waals surface area contributed by atoms with Crippen LogP contribution in [0.25, 0.3) is 0 Å². The number of morpholine rings is 1. The van der Waals surface area contributed by atoms with Crippen LogP contribution in [0.3, 0.4) is 0 Å². The molecule has 3 atom stereocenters. The molecule has 0 bridgehead atoms. The molecule has 3 aliphatic rings. The monoisotopic (exact) mass is 330 g/mol. The van der Waals surface area contributed by atoms with Crippen molar-refractivity contribution in [3.63, 3.8) is 0 Å². The van der Waals surface area contributed by atoms with Gasteiger partial charge in [-0.3, -0.25) is 9.69 Å². The van der Waals surface area contributed by atoms with Crippen LogP contribution in [0.1, 0.15) is 35.2 Å². The molecule has 1 amide bonds. The Balaban J connectivity index is 1.36. The summed E-state index contributed by atoms with van der Waals surface area (Å²) in [5, 5.41) is 3.20. The van der Waals surface area contributed by atoms with Crippen molar-refractivity contribution in [1.82, 2.24) is 10.2 Å². The first-order valence-electron chi connectivity index (χ1n) is 8.95. The van der Waals surface area contributed by atoms with E-state index in [1.54, 1.807) is 7.11 Å². The fourth-order valence-electron chi connectivity index (χ4n) is 4.05. The van der Waals surface area contributed by atoms with Gasteiger partial charge in [0.2, 0.25) is 0 Å². The minimum Gasteiger partial charge on any atom is -0.496 e. The molecule has 1 aliphatic carbocycles. The maximum absolute atomic E-state index is 12.5. The Labute approximate surface area is 143 Å². The number of nitrogens with one attached hydrogen (secondary N) is 1. The van der Waals surface area contributed by atoms with Crippen LogP contribution in [0.5, 0.6) is 5.75 Å². The lowest BCUT2D eigenvalue weighted by atomic mass is 10.1. The minimum atomic E-state index is 0.00487. The summed E-state index contributed by atoms with van der Waals surface area (Å²) in [6.45, 7) is 4.75. The number of ether oxygens (including phenoxy) is 2. The quantitative estimate of drug-likeness (QED) is 0.917. The second-order valence-corrected chi connectivity index (χ2v) is 7.41. The summed E-state index contributed by atoms with van der Waals surface area (Å²) in [5.74, 6) is 1.60. The van der Waals surface area contributed by atoms with Gasteiger partial charge in [0.15, 0.2) is 0 Å². The second-order valence-electron chi connectivity index (χ2n) is 7.41. The van der Waals surface area contributed by atoms with Crippen molar-refractivity contribution >= 4 is 5.91 Å². The molecule has 4 rings (SSSR count). The molecular weight excluding hydrogens is 304 g/mol. The molecule has 0 unspecified atom stereocenters. The summed E-state index contributed by atoms with van der Waals surface area (Å²) in [6, 6.07) is 6.25. The Morgan fingerprint density at radius 1 is 1.33 bits per heavy atom. The normalized spacial score (nSPS) is 30.0. The summed E-state index contributed by atoms with van der Waals surface area (Å²) in [7, 11) is 1.65. The third-order valence-corrected chi connectivity index (χ3v) is 5.59. The van der Waals surface area contributed by atoms with Gasteiger partial charge in [-0.2, -0.15) is 0 Å². The summed E-state index contributed by atoms with van der Waals surface area (Å²) < 4.78 is 11.3. The van der Waals surface area contributed by atoms with Gasteiger partial charge in [0.25, 0.3) is 5.91 Å². The number of hydrogen-bond acceptors (Lipinski definition) is 4. The van der Waals surface area contributed by atoms with Gasteiger partial charge in [-0.05, 0) is 55.9 Å². The number of carbonyl (C=O) groups excluding carboxylic acids is 1. The fraction of sp³-hybridized carbons (Fsp3) is 0.632. The summed E-state index contributed by atoms with van der Waals surface area (Å²) in [5.41, 5.74) is 1.68. The number of nitrogens with zero attached hydrogens (tertiary/aromatic N) is 1. The van der Waals surface area contributed by atoms with Gasteiger partial charge in [-0.25, -0.2) is 0 Å². The molecule has 0 radical (unpaired) electrons. The fourth-order valence-corrected chi connectivity index (χ4v) is 4.05. The average molecular weight is 330 g/mol. The number of benzene rings is 1. The van der Waals surface area contributed by atoms with Crippen molar-refractivity contribution in [3.05, 3.63) is 29.3 Å². The van der Waals surface area contributed by atoms with Crippen molar-refractivity contribution in [3.8, 4) is 5.75 Å². The maximum atomic E-state index is 12.5. The summed E-state index contributed by atoms with van der Waals surface area (Å²) >= 11 is 0. The second kappa shape index (κ2) is 6.37. The number of hydrogen-bond donors (Lipinski definition) is 1. The van der Waals surface area contributed by atoms with E-state index < -0.39 is 0 Å². The van der Waals surface area contributed by atoms with E-state index in [2.05, 4.69) is 10.2 Å². The maximum Gasteiger partial charge on any atom is 0.251 e. The van der Waals surface area contributed by atoms with E-state index in [0.29, 0.717) is 17.7 Å². The van der Waals surface area contributed by atoms with Crippen LogP contribution in [0.4, 0.5) is 0 Å². The van der Waals surface area contributed by atoms with Crippen molar-refractivity contribution in [2.24, 2.45) is 5.92 Å². The standard InChI is InChI=1S/C19H26N2O3/c1-12-7-14(5-6-17(12)23-2)19(22)20-15-8-16-11-24-18(13-3-4-13)10-21(16)9-15/h5-7,13,15-16,18H,3-4,8-11H2,1-2H3,(H,20,22)/t15-,16-,18-/m0/s1. The van der Waals surface area contributed by atoms with E-state index in [4.69, 9.17) is 9.47 Å². The average Bonchev–Trinajstić information content (AvgIpc) is 3.35. The lowest BCUT2D eigenvalue weighted by molar-refractivity contribution is -0.0581. The van der Waals surface area contributed by atoms with Crippen LogP contribution >= 0.6 is 0 Å². The summed E-state index contributed by atoms with van der Waals surface area (Å²) in [4.78, 5) is 15.0. The first kappa shape index (κ1) is 15.9. The smallest absolute Gasteiger partial charge is 0.251 e. The Bertz CT molecular complexity index is 629. The first-order chi connectivity index (χ1) is 11.6. The highest BCUT2D eigenvalue weighted by Gasteiger charge is 2.42. The van der Waals surface area contributed by atoms with Crippen LogP contribution in [0.2, 0.25) is 0 Å². The van der Waals surface area contributed by atoms with E-state index in [1.165, 1.54) is 12.8 Å². The Hall–Kier alpha value is -1.59. The SMILES string of the molecule is COc1ccc(C(=O)N[C@H]2C[C@H]3CO[C@H](C4CC4)CN3C2)cc1C. The Kier molecular flexibility index (Phi) is 4.22. The molecule has 5 heteroatoms. The third-order valence-electron chi connectivity index (χ3n) is 5.59. The van der Waals surface area contributed by atoms with Gasteiger partial charge in [-0.1, -0.05) is 0 Å². The highest BCUT2D eigenvalue weighted by molar-refractivity contribution is 5.94. The Morgan fingerprint density at radius 2 is 2.17 bits per heavy atom. The van der Waals surface area contributed by atoms with Crippen molar-refractivity contribution in [2.75, 3.05) is 26.8 Å². The molecule has 130 valence electrons. The molecule has 2 saturated heterocycles.